The van der Waals surface area contributed by atoms with Gasteiger partial charge in [0.25, 0.3) is 5.91 Å². The first kappa shape index (κ1) is 17.5. The van der Waals surface area contributed by atoms with Crippen molar-refractivity contribution in [3.8, 4) is 5.75 Å². The van der Waals surface area contributed by atoms with Crippen LogP contribution < -0.4 is 4.74 Å². The van der Waals surface area contributed by atoms with E-state index in [2.05, 4.69) is 10.00 Å². The zero-order chi connectivity index (χ0) is 17.6. The largest absolute Gasteiger partial charge is 0.491 e. The minimum Gasteiger partial charge on any atom is -0.491 e. The lowest BCUT2D eigenvalue weighted by molar-refractivity contribution is 0.0668. The summed E-state index contributed by atoms with van der Waals surface area (Å²) in [6.07, 6.45) is 5.79. The van der Waals surface area contributed by atoms with Crippen LogP contribution in [0.4, 0.5) is 0 Å². The molecular weight excluding hydrogens is 316 g/mol. The molecule has 1 aliphatic heterocycles. The van der Waals surface area contributed by atoms with Crippen molar-refractivity contribution in [1.29, 1.82) is 0 Å². The molecule has 0 aliphatic carbocycles. The summed E-state index contributed by atoms with van der Waals surface area (Å²) in [4.78, 5) is 17.0. The highest BCUT2D eigenvalue weighted by molar-refractivity contribution is 5.97. The second-order valence-electron chi connectivity index (χ2n) is 6.68. The molecule has 0 radical (unpaired) electrons. The van der Waals surface area contributed by atoms with Gasteiger partial charge < -0.3 is 14.5 Å². The van der Waals surface area contributed by atoms with Crippen LogP contribution in [0, 0.1) is 0 Å². The summed E-state index contributed by atoms with van der Waals surface area (Å²) in [5, 5.41) is 4.33. The van der Waals surface area contributed by atoms with E-state index in [4.69, 9.17) is 4.74 Å². The number of carbonyl (C=O) groups excluding carboxylic acids is 1. The van der Waals surface area contributed by atoms with Crippen LogP contribution in [-0.2, 0) is 0 Å². The number of likely N-dealkylation sites (tertiary alicyclic amines) is 1. The van der Waals surface area contributed by atoms with Crippen molar-refractivity contribution in [2.24, 2.45) is 0 Å². The van der Waals surface area contributed by atoms with Gasteiger partial charge >= 0.3 is 0 Å². The average molecular weight is 342 g/mol. The molecule has 134 valence electrons. The molecule has 1 amide bonds. The van der Waals surface area contributed by atoms with Gasteiger partial charge in [-0.15, -0.1) is 0 Å². The van der Waals surface area contributed by atoms with Crippen LogP contribution in [0.2, 0.25) is 0 Å². The summed E-state index contributed by atoms with van der Waals surface area (Å²) in [7, 11) is 4.01. The Morgan fingerprint density at radius 3 is 2.92 bits per heavy atom. The first-order valence-electron chi connectivity index (χ1n) is 8.80. The molecule has 6 nitrogen and oxygen atoms in total. The molecule has 1 saturated heterocycles. The van der Waals surface area contributed by atoms with E-state index in [0.29, 0.717) is 24.5 Å². The molecule has 25 heavy (non-hydrogen) atoms. The van der Waals surface area contributed by atoms with E-state index >= 15 is 0 Å². The Kier molecular flexibility index (Phi) is 5.71. The molecule has 1 aromatic carbocycles. The minimum atomic E-state index is 0.0392. The van der Waals surface area contributed by atoms with Crippen molar-refractivity contribution in [3.05, 3.63) is 48.3 Å². The first-order chi connectivity index (χ1) is 12.1. The van der Waals surface area contributed by atoms with Gasteiger partial charge in [0.05, 0.1) is 11.6 Å². The van der Waals surface area contributed by atoms with E-state index in [0.717, 1.165) is 25.9 Å². The Labute approximate surface area is 149 Å². The maximum absolute atomic E-state index is 13.0. The highest BCUT2D eigenvalue weighted by atomic mass is 16.5. The molecular formula is C19H26N4O2. The third-order valence-corrected chi connectivity index (χ3v) is 4.50. The SMILES string of the molecule is CN(C)CCOc1ccccc1C(=O)N1CCC[C@H](n2cccn2)C1. The van der Waals surface area contributed by atoms with E-state index in [9.17, 15) is 4.79 Å². The van der Waals surface area contributed by atoms with Gasteiger partial charge in [0.2, 0.25) is 0 Å². The van der Waals surface area contributed by atoms with Gasteiger partial charge in [-0.25, -0.2) is 0 Å². The van der Waals surface area contributed by atoms with Gasteiger partial charge in [-0.3, -0.25) is 9.48 Å². The zero-order valence-electron chi connectivity index (χ0n) is 15.0. The lowest BCUT2D eigenvalue weighted by atomic mass is 10.0. The number of rotatable bonds is 6. The Hall–Kier alpha value is -2.34. The van der Waals surface area contributed by atoms with Gasteiger partial charge in [0.1, 0.15) is 12.4 Å². The third kappa shape index (κ3) is 4.39. The molecule has 1 aromatic heterocycles. The lowest BCUT2D eigenvalue weighted by Gasteiger charge is -2.33. The van der Waals surface area contributed by atoms with Crippen LogP contribution in [0.15, 0.2) is 42.7 Å². The Balaban J connectivity index is 1.70. The monoisotopic (exact) mass is 342 g/mol. The number of hydrogen-bond donors (Lipinski definition) is 0. The van der Waals surface area contributed by atoms with Gasteiger partial charge in [0, 0.05) is 32.0 Å². The Bertz CT molecular complexity index is 684. The van der Waals surface area contributed by atoms with E-state index < -0.39 is 0 Å². The lowest BCUT2D eigenvalue weighted by Crippen LogP contribution is -2.41. The highest BCUT2D eigenvalue weighted by Crippen LogP contribution is 2.25. The maximum atomic E-state index is 13.0. The van der Waals surface area contributed by atoms with Crippen molar-refractivity contribution in [2.45, 2.75) is 18.9 Å². The van der Waals surface area contributed by atoms with Crippen molar-refractivity contribution in [1.82, 2.24) is 19.6 Å². The molecule has 0 N–H and O–H groups in total. The van der Waals surface area contributed by atoms with Gasteiger partial charge in [0.15, 0.2) is 0 Å². The van der Waals surface area contributed by atoms with E-state index in [1.807, 2.05) is 60.2 Å². The number of piperidine rings is 1. The number of amides is 1. The normalized spacial score (nSPS) is 17.7. The van der Waals surface area contributed by atoms with Crippen LogP contribution in [0.25, 0.3) is 0 Å². The van der Waals surface area contributed by atoms with Gasteiger partial charge in [-0.2, -0.15) is 5.10 Å². The van der Waals surface area contributed by atoms with Crippen LogP contribution in [-0.4, -0.2) is 65.8 Å². The second-order valence-corrected chi connectivity index (χ2v) is 6.68. The molecule has 2 heterocycles. The third-order valence-electron chi connectivity index (χ3n) is 4.50. The van der Waals surface area contributed by atoms with Crippen molar-refractivity contribution >= 4 is 5.91 Å². The van der Waals surface area contributed by atoms with Crippen molar-refractivity contribution in [3.63, 3.8) is 0 Å². The number of nitrogens with zero attached hydrogens (tertiary/aromatic N) is 4. The van der Waals surface area contributed by atoms with Gasteiger partial charge in [-0.05, 0) is 45.1 Å². The molecule has 0 bridgehead atoms. The highest BCUT2D eigenvalue weighted by Gasteiger charge is 2.27. The predicted octanol–water partition coefficient (Wildman–Crippen LogP) is 2.30. The minimum absolute atomic E-state index is 0.0392. The fourth-order valence-electron chi connectivity index (χ4n) is 3.13. The first-order valence-corrected chi connectivity index (χ1v) is 8.80. The quantitative estimate of drug-likeness (QED) is 0.808. The van der Waals surface area contributed by atoms with E-state index in [-0.39, 0.29) is 11.9 Å². The predicted molar refractivity (Wildman–Crippen MR) is 96.9 cm³/mol. The standard InChI is InChI=1S/C19H26N4O2/c1-21(2)13-14-25-18-9-4-3-8-17(18)19(24)22-11-5-7-16(15-22)23-12-6-10-20-23/h3-4,6,8-10,12,16H,5,7,11,13-15H2,1-2H3/t16-/m0/s1. The van der Waals surface area contributed by atoms with Crippen LogP contribution >= 0.6 is 0 Å². The van der Waals surface area contributed by atoms with Gasteiger partial charge in [-0.1, -0.05) is 12.1 Å². The Morgan fingerprint density at radius 2 is 2.16 bits per heavy atom. The molecule has 0 saturated carbocycles. The van der Waals surface area contributed by atoms with Crippen LogP contribution in [0.3, 0.4) is 0 Å². The van der Waals surface area contributed by atoms with E-state index in [1.54, 1.807) is 6.20 Å². The molecule has 1 atom stereocenters. The molecule has 1 aliphatic rings. The number of carbonyl (C=O) groups is 1. The second kappa shape index (κ2) is 8.16. The summed E-state index contributed by atoms with van der Waals surface area (Å²) in [6, 6.07) is 9.69. The number of benzene rings is 1. The van der Waals surface area contributed by atoms with Crippen molar-refractivity contribution < 1.29 is 9.53 Å². The Morgan fingerprint density at radius 1 is 1.32 bits per heavy atom. The molecule has 6 heteroatoms. The number of hydrogen-bond acceptors (Lipinski definition) is 4. The number of aromatic nitrogens is 2. The number of para-hydroxylation sites is 1. The zero-order valence-corrected chi connectivity index (χ0v) is 15.0. The summed E-state index contributed by atoms with van der Waals surface area (Å²) >= 11 is 0. The van der Waals surface area contributed by atoms with E-state index in [1.165, 1.54) is 0 Å². The molecule has 3 rings (SSSR count). The average Bonchev–Trinajstić information content (AvgIpc) is 3.16. The summed E-state index contributed by atoms with van der Waals surface area (Å²) in [6.45, 7) is 2.84. The summed E-state index contributed by atoms with van der Waals surface area (Å²) in [5.74, 6) is 0.702. The van der Waals surface area contributed by atoms with Crippen LogP contribution in [0.5, 0.6) is 5.75 Å². The maximum Gasteiger partial charge on any atom is 0.257 e. The smallest absolute Gasteiger partial charge is 0.257 e. The van der Waals surface area contributed by atoms with Crippen LogP contribution in [0.1, 0.15) is 29.2 Å². The summed E-state index contributed by atoms with van der Waals surface area (Å²) in [5.41, 5.74) is 0.641. The molecule has 1 fully saturated rings. The van der Waals surface area contributed by atoms with Crippen molar-refractivity contribution in [2.75, 3.05) is 40.3 Å². The molecule has 0 spiro atoms. The topological polar surface area (TPSA) is 50.6 Å². The summed E-state index contributed by atoms with van der Waals surface area (Å²) < 4.78 is 7.81. The molecule has 0 unspecified atom stereocenters. The number of ether oxygens (including phenoxy) is 1. The fourth-order valence-corrected chi connectivity index (χ4v) is 3.13. The fraction of sp³-hybridized carbons (Fsp3) is 0.474. The number of likely N-dealkylation sites (N-methyl/N-ethyl adjacent to an activating group) is 1. The molecule has 2 aromatic rings.